The van der Waals surface area contributed by atoms with Gasteiger partial charge in [0, 0.05) is 20.7 Å². The predicted octanol–water partition coefficient (Wildman–Crippen LogP) is 2.08. The molecule has 6 heteroatoms. The second kappa shape index (κ2) is 5.75. The SMILES string of the molecule is CNc1ccc(Cl)c(C(=O)NCC2(OC)CCC2)n1. The van der Waals surface area contributed by atoms with Crippen molar-refractivity contribution >= 4 is 23.3 Å². The molecule has 2 rings (SSSR count). The van der Waals surface area contributed by atoms with E-state index < -0.39 is 0 Å². The van der Waals surface area contributed by atoms with Crippen LogP contribution in [0.25, 0.3) is 0 Å². The Morgan fingerprint density at radius 1 is 1.53 bits per heavy atom. The first-order valence-electron chi connectivity index (χ1n) is 6.28. The molecule has 1 aliphatic rings. The van der Waals surface area contributed by atoms with Gasteiger partial charge in [0.25, 0.3) is 5.91 Å². The molecule has 19 heavy (non-hydrogen) atoms. The molecule has 1 saturated carbocycles. The number of nitrogens with zero attached hydrogens (tertiary/aromatic N) is 1. The smallest absolute Gasteiger partial charge is 0.271 e. The Bertz CT molecular complexity index is 469. The summed E-state index contributed by atoms with van der Waals surface area (Å²) in [5.41, 5.74) is 0.0297. The van der Waals surface area contributed by atoms with E-state index in [1.54, 1.807) is 26.3 Å². The van der Waals surface area contributed by atoms with Crippen LogP contribution in [0.4, 0.5) is 5.82 Å². The molecule has 104 valence electrons. The molecule has 0 aliphatic heterocycles. The summed E-state index contributed by atoms with van der Waals surface area (Å²) in [6.07, 6.45) is 3.08. The monoisotopic (exact) mass is 283 g/mol. The second-order valence-electron chi connectivity index (χ2n) is 4.70. The van der Waals surface area contributed by atoms with Crippen LogP contribution in [0, 0.1) is 0 Å². The lowest BCUT2D eigenvalue weighted by atomic mass is 9.80. The average Bonchev–Trinajstić information content (AvgIpc) is 2.38. The molecule has 1 aliphatic carbocycles. The Morgan fingerprint density at radius 3 is 2.79 bits per heavy atom. The number of pyridine rings is 1. The zero-order valence-corrected chi connectivity index (χ0v) is 11.9. The van der Waals surface area contributed by atoms with Crippen LogP contribution in [0.3, 0.4) is 0 Å². The molecule has 0 atom stereocenters. The van der Waals surface area contributed by atoms with Crippen LogP contribution in [-0.4, -0.2) is 37.2 Å². The highest BCUT2D eigenvalue weighted by atomic mass is 35.5. The lowest BCUT2D eigenvalue weighted by molar-refractivity contribution is -0.0679. The summed E-state index contributed by atoms with van der Waals surface area (Å²) < 4.78 is 5.45. The van der Waals surface area contributed by atoms with Crippen molar-refractivity contribution in [3.63, 3.8) is 0 Å². The molecule has 0 spiro atoms. The number of anilines is 1. The molecule has 1 amide bonds. The third-order valence-electron chi connectivity index (χ3n) is 3.59. The molecule has 0 bridgehead atoms. The third-order valence-corrected chi connectivity index (χ3v) is 3.89. The number of carbonyl (C=O) groups excluding carboxylic acids is 1. The van der Waals surface area contributed by atoms with Crippen LogP contribution >= 0.6 is 11.6 Å². The molecular weight excluding hydrogens is 266 g/mol. The Balaban J connectivity index is 2.03. The molecule has 0 saturated heterocycles. The van der Waals surface area contributed by atoms with E-state index in [2.05, 4.69) is 15.6 Å². The molecule has 1 heterocycles. The lowest BCUT2D eigenvalue weighted by Crippen LogP contribution is -2.49. The summed E-state index contributed by atoms with van der Waals surface area (Å²) in [5, 5.41) is 6.07. The van der Waals surface area contributed by atoms with Gasteiger partial charge in [0.05, 0.1) is 10.6 Å². The number of rotatable bonds is 5. The van der Waals surface area contributed by atoms with Gasteiger partial charge in [0.1, 0.15) is 11.5 Å². The van der Waals surface area contributed by atoms with Crippen LogP contribution in [-0.2, 0) is 4.74 Å². The number of nitrogens with one attached hydrogen (secondary N) is 2. The van der Waals surface area contributed by atoms with Gasteiger partial charge in [-0.1, -0.05) is 11.6 Å². The summed E-state index contributed by atoms with van der Waals surface area (Å²) in [4.78, 5) is 16.3. The van der Waals surface area contributed by atoms with E-state index in [1.165, 1.54) is 0 Å². The summed E-state index contributed by atoms with van der Waals surface area (Å²) in [6.45, 7) is 0.490. The van der Waals surface area contributed by atoms with Gasteiger partial charge in [0.2, 0.25) is 0 Å². The molecule has 0 radical (unpaired) electrons. The van der Waals surface area contributed by atoms with Gasteiger partial charge in [-0.15, -0.1) is 0 Å². The number of amides is 1. The van der Waals surface area contributed by atoms with Crippen LogP contribution in [0.2, 0.25) is 5.02 Å². The highest BCUT2D eigenvalue weighted by Gasteiger charge is 2.37. The first kappa shape index (κ1) is 14.1. The van der Waals surface area contributed by atoms with E-state index in [0.717, 1.165) is 19.3 Å². The van der Waals surface area contributed by atoms with Crippen LogP contribution < -0.4 is 10.6 Å². The summed E-state index contributed by atoms with van der Waals surface area (Å²) in [6, 6.07) is 3.38. The minimum atomic E-state index is -0.273. The minimum Gasteiger partial charge on any atom is -0.376 e. The number of hydrogen-bond donors (Lipinski definition) is 2. The fourth-order valence-corrected chi connectivity index (χ4v) is 2.28. The average molecular weight is 284 g/mol. The highest BCUT2D eigenvalue weighted by molar-refractivity contribution is 6.33. The number of methoxy groups -OCH3 is 1. The predicted molar refractivity (Wildman–Crippen MR) is 74.7 cm³/mol. The zero-order chi connectivity index (χ0) is 13.9. The first-order valence-corrected chi connectivity index (χ1v) is 6.66. The van der Waals surface area contributed by atoms with Crippen LogP contribution in [0.15, 0.2) is 12.1 Å². The van der Waals surface area contributed by atoms with E-state index >= 15 is 0 Å². The van der Waals surface area contributed by atoms with Crippen LogP contribution in [0.1, 0.15) is 29.8 Å². The Hall–Kier alpha value is -1.33. The maximum absolute atomic E-state index is 12.1. The second-order valence-corrected chi connectivity index (χ2v) is 5.11. The van der Waals surface area contributed by atoms with Crippen molar-refractivity contribution in [2.24, 2.45) is 0 Å². The largest absolute Gasteiger partial charge is 0.376 e. The number of hydrogen-bond acceptors (Lipinski definition) is 4. The summed E-state index contributed by atoms with van der Waals surface area (Å²) in [7, 11) is 3.42. The molecule has 2 N–H and O–H groups in total. The molecule has 5 nitrogen and oxygen atoms in total. The van der Waals surface area contributed by atoms with Gasteiger partial charge in [-0.2, -0.15) is 0 Å². The summed E-state index contributed by atoms with van der Waals surface area (Å²) >= 11 is 6.00. The normalized spacial score (nSPS) is 16.6. The number of aromatic nitrogens is 1. The number of ether oxygens (including phenoxy) is 1. The zero-order valence-electron chi connectivity index (χ0n) is 11.1. The minimum absolute atomic E-state index is 0.206. The fourth-order valence-electron chi connectivity index (χ4n) is 2.09. The number of carbonyl (C=O) groups is 1. The molecular formula is C13H18ClN3O2. The van der Waals surface area contributed by atoms with Gasteiger partial charge in [0.15, 0.2) is 0 Å². The molecule has 1 aromatic heterocycles. The quantitative estimate of drug-likeness (QED) is 0.868. The molecule has 0 unspecified atom stereocenters. The summed E-state index contributed by atoms with van der Waals surface area (Å²) in [5.74, 6) is 0.338. The van der Waals surface area contributed by atoms with Crippen molar-refractivity contribution in [2.45, 2.75) is 24.9 Å². The molecule has 1 aromatic rings. The van der Waals surface area contributed by atoms with Gasteiger partial charge >= 0.3 is 0 Å². The topological polar surface area (TPSA) is 63.2 Å². The number of halogens is 1. The van der Waals surface area contributed by atoms with Gasteiger partial charge in [-0.05, 0) is 31.4 Å². The van der Waals surface area contributed by atoms with Gasteiger partial charge in [-0.25, -0.2) is 4.98 Å². The highest BCUT2D eigenvalue weighted by Crippen LogP contribution is 2.34. The van der Waals surface area contributed by atoms with Gasteiger partial charge < -0.3 is 15.4 Å². The fraction of sp³-hybridized carbons (Fsp3) is 0.538. The Morgan fingerprint density at radius 2 is 2.26 bits per heavy atom. The van der Waals surface area contributed by atoms with E-state index in [1.807, 2.05) is 0 Å². The van der Waals surface area contributed by atoms with E-state index in [-0.39, 0.29) is 17.2 Å². The van der Waals surface area contributed by atoms with Crippen molar-refractivity contribution in [3.8, 4) is 0 Å². The van der Waals surface area contributed by atoms with E-state index in [9.17, 15) is 4.79 Å². The van der Waals surface area contributed by atoms with Crippen molar-refractivity contribution in [3.05, 3.63) is 22.8 Å². The Kier molecular flexibility index (Phi) is 4.27. The maximum Gasteiger partial charge on any atom is 0.271 e. The van der Waals surface area contributed by atoms with Crippen molar-refractivity contribution in [2.75, 3.05) is 26.0 Å². The van der Waals surface area contributed by atoms with Gasteiger partial charge in [-0.3, -0.25) is 4.79 Å². The molecule has 1 fully saturated rings. The third kappa shape index (κ3) is 2.98. The molecule has 0 aromatic carbocycles. The van der Waals surface area contributed by atoms with Crippen molar-refractivity contribution < 1.29 is 9.53 Å². The Labute approximate surface area is 117 Å². The lowest BCUT2D eigenvalue weighted by Gasteiger charge is -2.40. The maximum atomic E-state index is 12.1. The van der Waals surface area contributed by atoms with E-state index in [0.29, 0.717) is 17.4 Å². The van der Waals surface area contributed by atoms with Crippen LogP contribution in [0.5, 0.6) is 0 Å². The van der Waals surface area contributed by atoms with Crippen molar-refractivity contribution in [1.82, 2.24) is 10.3 Å². The van der Waals surface area contributed by atoms with E-state index in [4.69, 9.17) is 16.3 Å². The van der Waals surface area contributed by atoms with Crippen molar-refractivity contribution in [1.29, 1.82) is 0 Å². The standard InChI is InChI=1S/C13H18ClN3O2/c1-15-10-5-4-9(14)11(17-10)12(18)16-8-13(19-2)6-3-7-13/h4-5H,3,6-8H2,1-2H3,(H,15,17)(H,16,18). The first-order chi connectivity index (χ1) is 9.10.